The lowest BCUT2D eigenvalue weighted by atomic mass is 9.88. The molecule has 1 aliphatic rings. The lowest BCUT2D eigenvalue weighted by molar-refractivity contribution is 0.238. The highest BCUT2D eigenvalue weighted by Crippen LogP contribution is 2.35. The minimum Gasteiger partial charge on any atom is -0.492 e. The Bertz CT molecular complexity index is 961. The summed E-state index contributed by atoms with van der Waals surface area (Å²) in [5.74, 6) is 1.51. The molecule has 1 saturated heterocycles. The maximum absolute atomic E-state index is 6.24. The van der Waals surface area contributed by atoms with Crippen molar-refractivity contribution >= 4 is 22.7 Å². The van der Waals surface area contributed by atoms with Crippen LogP contribution in [-0.2, 0) is 0 Å². The van der Waals surface area contributed by atoms with Gasteiger partial charge in [-0.1, -0.05) is 72.8 Å². The van der Waals surface area contributed by atoms with Crippen molar-refractivity contribution in [3.05, 3.63) is 102 Å². The maximum atomic E-state index is 6.24. The van der Waals surface area contributed by atoms with Crippen LogP contribution in [0.15, 0.2) is 84.9 Å². The van der Waals surface area contributed by atoms with Crippen molar-refractivity contribution in [3.63, 3.8) is 0 Å². The third-order valence-electron chi connectivity index (χ3n) is 5.85. The molecule has 0 spiro atoms. The second-order valence-electron chi connectivity index (χ2n) is 7.95. The molecule has 0 atom stereocenters. The van der Waals surface area contributed by atoms with Gasteiger partial charge in [0.1, 0.15) is 12.4 Å². The smallest absolute Gasteiger partial charge is 0.119 e. The highest BCUT2D eigenvalue weighted by atomic mass is 35.5. The Morgan fingerprint density at radius 3 is 1.94 bits per heavy atom. The number of ether oxygens (including phenoxy) is 1. The van der Waals surface area contributed by atoms with Crippen LogP contribution in [0.4, 0.5) is 0 Å². The van der Waals surface area contributed by atoms with Gasteiger partial charge in [-0.05, 0) is 72.3 Å². The Morgan fingerprint density at radius 1 is 0.742 bits per heavy atom. The van der Waals surface area contributed by atoms with Crippen molar-refractivity contribution < 1.29 is 4.74 Å². The van der Waals surface area contributed by atoms with Crippen LogP contribution in [-0.4, -0.2) is 37.0 Å². The monoisotopic (exact) mass is 431 g/mol. The average molecular weight is 432 g/mol. The van der Waals surface area contributed by atoms with Gasteiger partial charge in [-0.3, -0.25) is 4.90 Å². The molecule has 0 radical (unpaired) electrons. The second kappa shape index (κ2) is 11.2. The van der Waals surface area contributed by atoms with Crippen LogP contribution >= 0.6 is 11.6 Å². The summed E-state index contributed by atoms with van der Waals surface area (Å²) >= 11 is 6.24. The van der Waals surface area contributed by atoms with Crippen molar-refractivity contribution in [2.45, 2.75) is 19.3 Å². The number of benzene rings is 3. The van der Waals surface area contributed by atoms with Crippen molar-refractivity contribution in [3.8, 4) is 5.75 Å². The Hall–Kier alpha value is -2.55. The van der Waals surface area contributed by atoms with Crippen LogP contribution in [0, 0.1) is 0 Å². The van der Waals surface area contributed by atoms with Crippen LogP contribution in [0.5, 0.6) is 5.75 Å². The zero-order valence-electron chi connectivity index (χ0n) is 18.0. The summed E-state index contributed by atoms with van der Waals surface area (Å²) in [7, 11) is 0. The van der Waals surface area contributed by atoms with Crippen LogP contribution in [0.25, 0.3) is 11.1 Å². The van der Waals surface area contributed by atoms with Crippen LogP contribution in [0.3, 0.4) is 0 Å². The fraction of sp³-hybridized carbons (Fsp3) is 0.286. The molecular weight excluding hydrogens is 402 g/mol. The van der Waals surface area contributed by atoms with Gasteiger partial charge in [-0.2, -0.15) is 0 Å². The van der Waals surface area contributed by atoms with Crippen molar-refractivity contribution in [2.75, 3.05) is 32.1 Å². The molecule has 0 aromatic heterocycles. The quantitative estimate of drug-likeness (QED) is 0.274. The molecule has 2 nitrogen and oxygen atoms in total. The van der Waals surface area contributed by atoms with Crippen molar-refractivity contribution in [1.29, 1.82) is 0 Å². The van der Waals surface area contributed by atoms with Crippen LogP contribution in [0.2, 0.25) is 0 Å². The van der Waals surface area contributed by atoms with E-state index in [1.54, 1.807) is 0 Å². The first-order chi connectivity index (χ1) is 15.3. The molecule has 1 heterocycles. The fourth-order valence-corrected chi connectivity index (χ4v) is 4.47. The largest absolute Gasteiger partial charge is 0.492 e. The number of allylic oxidation sites excluding steroid dienone is 1. The van der Waals surface area contributed by atoms with Crippen molar-refractivity contribution in [1.82, 2.24) is 4.90 Å². The van der Waals surface area contributed by atoms with Gasteiger partial charge in [-0.25, -0.2) is 0 Å². The number of alkyl halides is 1. The minimum absolute atomic E-state index is 0.582. The third kappa shape index (κ3) is 5.78. The molecule has 0 unspecified atom stereocenters. The first-order valence-electron chi connectivity index (χ1n) is 11.2. The topological polar surface area (TPSA) is 12.5 Å². The first kappa shape index (κ1) is 21.7. The molecule has 31 heavy (non-hydrogen) atoms. The molecule has 160 valence electrons. The number of hydrogen-bond acceptors (Lipinski definition) is 2. The summed E-state index contributed by atoms with van der Waals surface area (Å²) in [6, 6.07) is 29.7. The number of nitrogens with zero attached hydrogens (tertiary/aromatic N) is 1. The van der Waals surface area contributed by atoms with E-state index in [0.29, 0.717) is 5.88 Å². The van der Waals surface area contributed by atoms with E-state index in [-0.39, 0.29) is 0 Å². The van der Waals surface area contributed by atoms with Gasteiger partial charge >= 0.3 is 0 Å². The molecule has 4 rings (SSSR count). The number of rotatable bonds is 9. The summed E-state index contributed by atoms with van der Waals surface area (Å²) in [5, 5.41) is 0. The molecule has 3 aromatic carbocycles. The summed E-state index contributed by atoms with van der Waals surface area (Å²) in [4.78, 5) is 2.48. The SMILES string of the molecule is ClCCC(=C(c1ccccc1)c1ccc(OCCN2CCCC2)cc1)c1ccccc1. The van der Waals surface area contributed by atoms with Gasteiger partial charge in [0.05, 0.1) is 0 Å². The van der Waals surface area contributed by atoms with Gasteiger partial charge in [0.25, 0.3) is 0 Å². The third-order valence-corrected chi connectivity index (χ3v) is 6.04. The van der Waals surface area contributed by atoms with Gasteiger partial charge in [0.2, 0.25) is 0 Å². The van der Waals surface area contributed by atoms with E-state index in [1.165, 1.54) is 53.8 Å². The zero-order valence-corrected chi connectivity index (χ0v) is 18.7. The molecule has 3 aromatic rings. The lowest BCUT2D eigenvalue weighted by Gasteiger charge is -2.18. The molecule has 1 aliphatic heterocycles. The molecule has 3 heteroatoms. The summed E-state index contributed by atoms with van der Waals surface area (Å²) in [6.45, 7) is 4.15. The number of hydrogen-bond donors (Lipinski definition) is 0. The molecule has 0 bridgehead atoms. The van der Waals surface area contributed by atoms with E-state index < -0.39 is 0 Å². The van der Waals surface area contributed by atoms with Gasteiger partial charge in [0.15, 0.2) is 0 Å². The summed E-state index contributed by atoms with van der Waals surface area (Å²) in [6.07, 6.45) is 3.44. The summed E-state index contributed by atoms with van der Waals surface area (Å²) < 4.78 is 6.02. The predicted molar refractivity (Wildman–Crippen MR) is 132 cm³/mol. The van der Waals surface area contributed by atoms with Crippen molar-refractivity contribution in [2.24, 2.45) is 0 Å². The lowest BCUT2D eigenvalue weighted by Crippen LogP contribution is -2.25. The molecular formula is C28H30ClNO. The van der Waals surface area contributed by atoms with Crippen LogP contribution < -0.4 is 4.74 Å². The molecule has 0 amide bonds. The summed E-state index contributed by atoms with van der Waals surface area (Å²) in [5.41, 5.74) is 6.10. The minimum atomic E-state index is 0.582. The Kier molecular flexibility index (Phi) is 7.81. The molecule has 0 aliphatic carbocycles. The normalized spacial score (nSPS) is 15.0. The standard InChI is InChI=1S/C28H30ClNO/c29-18-17-27(23-9-3-1-4-10-23)28(24-11-5-2-6-12-24)25-13-15-26(16-14-25)31-22-21-30-19-7-8-20-30/h1-6,9-16H,7-8,17-22H2. The first-order valence-corrected chi connectivity index (χ1v) is 11.7. The maximum Gasteiger partial charge on any atom is 0.119 e. The van der Waals surface area contributed by atoms with Gasteiger partial charge in [-0.15, -0.1) is 11.6 Å². The highest BCUT2D eigenvalue weighted by Gasteiger charge is 2.14. The van der Waals surface area contributed by atoms with Gasteiger partial charge in [0, 0.05) is 12.4 Å². The zero-order chi connectivity index (χ0) is 21.3. The fourth-order valence-electron chi connectivity index (χ4n) is 4.28. The van der Waals surface area contributed by atoms with E-state index in [9.17, 15) is 0 Å². The van der Waals surface area contributed by atoms with E-state index in [4.69, 9.17) is 16.3 Å². The van der Waals surface area contributed by atoms with Gasteiger partial charge < -0.3 is 4.74 Å². The van der Waals surface area contributed by atoms with E-state index in [1.807, 2.05) is 0 Å². The Labute approximate surface area is 191 Å². The average Bonchev–Trinajstić information content (AvgIpc) is 3.35. The van der Waals surface area contributed by atoms with E-state index in [2.05, 4.69) is 89.8 Å². The second-order valence-corrected chi connectivity index (χ2v) is 8.32. The molecule has 1 fully saturated rings. The Morgan fingerprint density at radius 2 is 1.32 bits per heavy atom. The number of likely N-dealkylation sites (tertiary alicyclic amines) is 1. The Balaban J connectivity index is 1.62. The van der Waals surface area contributed by atoms with Crippen LogP contribution in [0.1, 0.15) is 36.0 Å². The molecule has 0 saturated carbocycles. The number of halogens is 1. The molecule has 0 N–H and O–H groups in total. The van der Waals surface area contributed by atoms with E-state index in [0.717, 1.165) is 25.3 Å². The van der Waals surface area contributed by atoms with E-state index >= 15 is 0 Å². The predicted octanol–water partition coefficient (Wildman–Crippen LogP) is 6.75. The highest BCUT2D eigenvalue weighted by molar-refractivity contribution is 6.18.